The highest BCUT2D eigenvalue weighted by molar-refractivity contribution is 5.69. The Labute approximate surface area is 161 Å². The Morgan fingerprint density at radius 2 is 1.89 bits per heavy atom. The first-order valence-electron chi connectivity index (χ1n) is 9.68. The molecule has 27 heavy (non-hydrogen) atoms. The van der Waals surface area contributed by atoms with E-state index in [-0.39, 0.29) is 12.1 Å². The molecule has 0 spiro atoms. The van der Waals surface area contributed by atoms with Gasteiger partial charge in [-0.2, -0.15) is 0 Å². The molecule has 1 atom stereocenters. The fourth-order valence-corrected chi connectivity index (χ4v) is 3.56. The number of anilines is 1. The molecule has 0 saturated carbocycles. The van der Waals surface area contributed by atoms with E-state index in [0.29, 0.717) is 13.1 Å². The maximum atomic E-state index is 12.3. The first-order chi connectivity index (χ1) is 12.9. The van der Waals surface area contributed by atoms with Crippen LogP contribution in [0.1, 0.15) is 45.7 Å². The van der Waals surface area contributed by atoms with E-state index in [4.69, 9.17) is 4.74 Å². The van der Waals surface area contributed by atoms with Crippen LogP contribution in [0, 0.1) is 0 Å². The van der Waals surface area contributed by atoms with Gasteiger partial charge in [-0.3, -0.25) is 0 Å². The van der Waals surface area contributed by atoms with Gasteiger partial charge < -0.3 is 19.1 Å². The highest BCUT2D eigenvalue weighted by Crippen LogP contribution is 2.31. The lowest BCUT2D eigenvalue weighted by Gasteiger charge is -2.38. The SMILES string of the molecule is CCC(c1ccccc1N1CCN(C(=O)OC(C)(C)C)CC1)n1ccnc1. The molecule has 6 heteroatoms. The molecule has 2 heterocycles. The molecule has 0 N–H and O–H groups in total. The summed E-state index contributed by atoms with van der Waals surface area (Å²) in [5.74, 6) is 0. The average molecular weight is 370 g/mol. The van der Waals surface area contributed by atoms with E-state index in [1.807, 2.05) is 39.5 Å². The number of piperazine rings is 1. The second-order valence-electron chi connectivity index (χ2n) is 7.95. The lowest BCUT2D eigenvalue weighted by molar-refractivity contribution is 0.0240. The normalized spacial score (nSPS) is 16.3. The van der Waals surface area contributed by atoms with Crippen molar-refractivity contribution < 1.29 is 9.53 Å². The number of ether oxygens (including phenoxy) is 1. The van der Waals surface area contributed by atoms with Crippen LogP contribution in [0.2, 0.25) is 0 Å². The van der Waals surface area contributed by atoms with Gasteiger partial charge in [0.05, 0.1) is 12.4 Å². The first kappa shape index (κ1) is 19.3. The van der Waals surface area contributed by atoms with Gasteiger partial charge in [0.1, 0.15) is 5.60 Å². The molecular weight excluding hydrogens is 340 g/mol. The Hall–Kier alpha value is -2.50. The van der Waals surface area contributed by atoms with Gasteiger partial charge in [0.15, 0.2) is 0 Å². The summed E-state index contributed by atoms with van der Waals surface area (Å²) < 4.78 is 7.67. The topological polar surface area (TPSA) is 50.6 Å². The van der Waals surface area contributed by atoms with Gasteiger partial charge in [-0.25, -0.2) is 9.78 Å². The highest BCUT2D eigenvalue weighted by atomic mass is 16.6. The van der Waals surface area contributed by atoms with Crippen LogP contribution in [0.3, 0.4) is 0 Å². The second kappa shape index (κ2) is 8.03. The largest absolute Gasteiger partial charge is 0.444 e. The minimum absolute atomic E-state index is 0.222. The van der Waals surface area contributed by atoms with E-state index in [9.17, 15) is 4.79 Å². The second-order valence-corrected chi connectivity index (χ2v) is 7.95. The molecule has 0 bridgehead atoms. The van der Waals surface area contributed by atoms with Crippen molar-refractivity contribution in [3.63, 3.8) is 0 Å². The number of aromatic nitrogens is 2. The molecule has 3 rings (SSSR count). The van der Waals surface area contributed by atoms with Crippen LogP contribution in [0.15, 0.2) is 43.0 Å². The fourth-order valence-electron chi connectivity index (χ4n) is 3.56. The van der Waals surface area contributed by atoms with Gasteiger partial charge in [-0.15, -0.1) is 0 Å². The third-order valence-electron chi connectivity index (χ3n) is 4.84. The maximum Gasteiger partial charge on any atom is 0.410 e. The lowest BCUT2D eigenvalue weighted by Crippen LogP contribution is -2.50. The van der Waals surface area contributed by atoms with Crippen LogP contribution in [0.5, 0.6) is 0 Å². The van der Waals surface area contributed by atoms with Crippen LogP contribution in [0.4, 0.5) is 10.5 Å². The number of benzene rings is 1. The van der Waals surface area contributed by atoms with Crippen molar-refractivity contribution in [2.45, 2.75) is 45.8 Å². The third-order valence-corrected chi connectivity index (χ3v) is 4.84. The number of carbonyl (C=O) groups excluding carboxylic acids is 1. The maximum absolute atomic E-state index is 12.3. The number of rotatable bonds is 4. The molecule has 1 amide bonds. The van der Waals surface area contributed by atoms with Crippen molar-refractivity contribution in [3.05, 3.63) is 48.5 Å². The summed E-state index contributed by atoms with van der Waals surface area (Å²) in [6.07, 6.45) is 6.49. The van der Waals surface area contributed by atoms with Crippen LogP contribution < -0.4 is 4.90 Å². The molecule has 0 radical (unpaired) electrons. The molecule has 1 aromatic heterocycles. The lowest BCUT2D eigenvalue weighted by atomic mass is 10.0. The molecule has 1 aromatic carbocycles. The quantitative estimate of drug-likeness (QED) is 0.818. The standard InChI is InChI=1S/C21H30N4O2/c1-5-18(25-11-10-22-16-25)17-8-6-7-9-19(17)23-12-14-24(15-13-23)20(26)27-21(2,3)4/h6-11,16,18H,5,12-15H2,1-4H3. The van der Waals surface area contributed by atoms with Crippen molar-refractivity contribution in [1.29, 1.82) is 0 Å². The zero-order chi connectivity index (χ0) is 19.4. The van der Waals surface area contributed by atoms with Crippen molar-refractivity contribution in [2.24, 2.45) is 0 Å². The molecule has 146 valence electrons. The molecule has 1 saturated heterocycles. The first-order valence-corrected chi connectivity index (χ1v) is 9.68. The molecular formula is C21H30N4O2. The Morgan fingerprint density at radius 1 is 1.19 bits per heavy atom. The number of amides is 1. The predicted octanol–water partition coefficient (Wildman–Crippen LogP) is 3.94. The van der Waals surface area contributed by atoms with E-state index in [2.05, 4.69) is 45.6 Å². The van der Waals surface area contributed by atoms with Gasteiger partial charge in [0.2, 0.25) is 0 Å². The summed E-state index contributed by atoms with van der Waals surface area (Å²) in [7, 11) is 0. The molecule has 1 aliphatic rings. The summed E-state index contributed by atoms with van der Waals surface area (Å²) in [6.45, 7) is 10.8. The van der Waals surface area contributed by atoms with Gasteiger partial charge in [-0.1, -0.05) is 25.1 Å². The Balaban J connectivity index is 1.73. The number of para-hydroxylation sites is 1. The number of nitrogens with zero attached hydrogens (tertiary/aromatic N) is 4. The molecule has 1 unspecified atom stereocenters. The summed E-state index contributed by atoms with van der Waals surface area (Å²) in [5.41, 5.74) is 2.07. The van der Waals surface area contributed by atoms with E-state index in [1.165, 1.54) is 11.3 Å². The number of carbonyl (C=O) groups is 1. The van der Waals surface area contributed by atoms with Gasteiger partial charge in [0.25, 0.3) is 0 Å². The van der Waals surface area contributed by atoms with Gasteiger partial charge >= 0.3 is 6.09 Å². The fraction of sp³-hybridized carbons (Fsp3) is 0.524. The average Bonchev–Trinajstić information content (AvgIpc) is 3.16. The zero-order valence-corrected chi connectivity index (χ0v) is 16.8. The Bertz CT molecular complexity index is 744. The number of hydrogen-bond acceptors (Lipinski definition) is 4. The van der Waals surface area contributed by atoms with E-state index in [1.54, 1.807) is 4.90 Å². The Kier molecular flexibility index (Phi) is 5.73. The predicted molar refractivity (Wildman–Crippen MR) is 107 cm³/mol. The molecule has 6 nitrogen and oxygen atoms in total. The van der Waals surface area contributed by atoms with Crippen molar-refractivity contribution in [2.75, 3.05) is 31.1 Å². The molecule has 2 aromatic rings. The number of hydrogen-bond donors (Lipinski definition) is 0. The summed E-state index contributed by atoms with van der Waals surface area (Å²) in [4.78, 5) is 20.7. The van der Waals surface area contributed by atoms with Gasteiger partial charge in [-0.05, 0) is 38.8 Å². The molecule has 1 fully saturated rings. The zero-order valence-electron chi connectivity index (χ0n) is 16.8. The number of imidazole rings is 1. The highest BCUT2D eigenvalue weighted by Gasteiger charge is 2.27. The van der Waals surface area contributed by atoms with Crippen molar-refractivity contribution >= 4 is 11.8 Å². The summed E-state index contributed by atoms with van der Waals surface area (Å²) in [5, 5.41) is 0. The van der Waals surface area contributed by atoms with E-state index < -0.39 is 5.60 Å². The van der Waals surface area contributed by atoms with Crippen molar-refractivity contribution in [3.8, 4) is 0 Å². The van der Waals surface area contributed by atoms with E-state index >= 15 is 0 Å². The third kappa shape index (κ3) is 4.62. The molecule has 0 aliphatic carbocycles. The van der Waals surface area contributed by atoms with Crippen LogP contribution in [-0.2, 0) is 4.74 Å². The van der Waals surface area contributed by atoms with Crippen LogP contribution in [-0.4, -0.2) is 52.3 Å². The smallest absolute Gasteiger partial charge is 0.410 e. The van der Waals surface area contributed by atoms with Crippen LogP contribution >= 0.6 is 0 Å². The molecule has 1 aliphatic heterocycles. The minimum atomic E-state index is -0.458. The van der Waals surface area contributed by atoms with Gasteiger partial charge in [0, 0.05) is 44.3 Å². The van der Waals surface area contributed by atoms with Crippen molar-refractivity contribution in [1.82, 2.24) is 14.5 Å². The summed E-state index contributed by atoms with van der Waals surface area (Å²) >= 11 is 0. The summed E-state index contributed by atoms with van der Waals surface area (Å²) in [6, 6.07) is 8.81. The minimum Gasteiger partial charge on any atom is -0.444 e. The van der Waals surface area contributed by atoms with Crippen LogP contribution in [0.25, 0.3) is 0 Å². The Morgan fingerprint density at radius 3 is 2.48 bits per heavy atom. The monoisotopic (exact) mass is 370 g/mol. The van der Waals surface area contributed by atoms with E-state index in [0.717, 1.165) is 19.5 Å².